The average Bonchev–Trinajstić information content (AvgIpc) is 3.58. The molecule has 0 saturated heterocycles. The van der Waals surface area contributed by atoms with Crippen LogP contribution in [-0.2, 0) is 4.79 Å². The van der Waals surface area contributed by atoms with E-state index in [-0.39, 0.29) is 17.7 Å². The highest BCUT2D eigenvalue weighted by molar-refractivity contribution is 8.01. The lowest BCUT2D eigenvalue weighted by Gasteiger charge is -2.22. The number of ether oxygens (including phenoxy) is 2. The summed E-state index contributed by atoms with van der Waals surface area (Å²) in [4.78, 5) is 14.3. The van der Waals surface area contributed by atoms with Crippen LogP contribution in [0.4, 0.5) is 5.13 Å². The van der Waals surface area contributed by atoms with Gasteiger partial charge in [0.25, 0.3) is 5.91 Å². The highest BCUT2D eigenvalue weighted by atomic mass is 32.2. The summed E-state index contributed by atoms with van der Waals surface area (Å²) in [6, 6.07) is 9.54. The van der Waals surface area contributed by atoms with E-state index in [9.17, 15) is 4.79 Å². The van der Waals surface area contributed by atoms with Gasteiger partial charge < -0.3 is 14.8 Å². The molecule has 1 aliphatic heterocycles. The number of carbonyl (C=O) groups is 1. The van der Waals surface area contributed by atoms with Gasteiger partial charge in [0.15, 0.2) is 15.8 Å². The van der Waals surface area contributed by atoms with Crippen molar-refractivity contribution in [3.63, 3.8) is 0 Å². The largest absolute Gasteiger partial charge is 0.493 e. The van der Waals surface area contributed by atoms with Crippen molar-refractivity contribution in [3.05, 3.63) is 46.2 Å². The fourth-order valence-electron chi connectivity index (χ4n) is 3.33. The Morgan fingerprint density at radius 2 is 2.09 bits per heavy atom. The lowest BCUT2D eigenvalue weighted by Crippen LogP contribution is -2.28. The molecule has 0 saturated carbocycles. The quantitative estimate of drug-likeness (QED) is 0.442. The maximum absolute atomic E-state index is 13.2. The zero-order chi connectivity index (χ0) is 22.5. The van der Waals surface area contributed by atoms with Gasteiger partial charge in [-0.05, 0) is 36.1 Å². The number of hydrazone groups is 1. The summed E-state index contributed by atoms with van der Waals surface area (Å²) in [5, 5.41) is 20.4. The van der Waals surface area contributed by atoms with E-state index in [1.807, 2.05) is 42.6 Å². The number of benzene rings is 1. The van der Waals surface area contributed by atoms with Gasteiger partial charge in [0.1, 0.15) is 0 Å². The molecule has 0 unspecified atom stereocenters. The minimum atomic E-state index is -0.216. The molecular weight excluding hydrogens is 466 g/mol. The van der Waals surface area contributed by atoms with Gasteiger partial charge >= 0.3 is 0 Å². The van der Waals surface area contributed by atoms with E-state index < -0.39 is 0 Å². The standard InChI is InChI=1S/C21H23N5O3S3/c1-4-22-20-23-24-21(32-20)31-12-19(27)26-15(11-14(25-26)18-6-5-9-30-18)13-7-8-16(28-2)17(10-13)29-3/h5-10,15H,4,11-12H2,1-3H3,(H,22,23)/t15-/m1/s1. The number of carbonyl (C=O) groups excluding carboxylic acids is 1. The number of thiophene rings is 1. The number of anilines is 1. The Balaban J connectivity index is 1.56. The second kappa shape index (κ2) is 10.3. The van der Waals surface area contributed by atoms with E-state index in [0.717, 1.165) is 32.2 Å². The third-order valence-electron chi connectivity index (χ3n) is 4.82. The maximum atomic E-state index is 13.2. The topological polar surface area (TPSA) is 88.9 Å². The van der Waals surface area contributed by atoms with Crippen LogP contribution in [0.25, 0.3) is 0 Å². The number of thioether (sulfide) groups is 1. The number of nitrogens with zero attached hydrogens (tertiary/aromatic N) is 4. The van der Waals surface area contributed by atoms with Crippen molar-refractivity contribution in [1.29, 1.82) is 0 Å². The van der Waals surface area contributed by atoms with Gasteiger partial charge in [-0.25, -0.2) is 5.01 Å². The molecule has 3 aromatic rings. The second-order valence-electron chi connectivity index (χ2n) is 6.79. The van der Waals surface area contributed by atoms with Crippen molar-refractivity contribution >= 4 is 51.2 Å². The van der Waals surface area contributed by atoms with Crippen LogP contribution in [0.5, 0.6) is 11.5 Å². The van der Waals surface area contributed by atoms with Gasteiger partial charge in [-0.1, -0.05) is 35.2 Å². The van der Waals surface area contributed by atoms with E-state index in [4.69, 9.17) is 14.6 Å². The molecule has 1 aromatic carbocycles. The fourth-order valence-corrected chi connectivity index (χ4v) is 5.73. The van der Waals surface area contributed by atoms with Crippen molar-refractivity contribution in [2.24, 2.45) is 5.10 Å². The van der Waals surface area contributed by atoms with Crippen molar-refractivity contribution in [2.45, 2.75) is 23.7 Å². The Bertz CT molecular complexity index is 1100. The summed E-state index contributed by atoms with van der Waals surface area (Å²) in [6.45, 7) is 2.78. The Morgan fingerprint density at radius 1 is 1.25 bits per heavy atom. The van der Waals surface area contributed by atoms with Crippen LogP contribution >= 0.6 is 34.4 Å². The first kappa shape index (κ1) is 22.6. The van der Waals surface area contributed by atoms with Gasteiger partial charge in [0, 0.05) is 13.0 Å². The Labute approximate surface area is 198 Å². The molecule has 0 radical (unpaired) electrons. The normalized spacial score (nSPS) is 15.5. The van der Waals surface area contributed by atoms with Crippen LogP contribution in [-0.4, -0.2) is 53.3 Å². The summed E-state index contributed by atoms with van der Waals surface area (Å²) < 4.78 is 11.6. The Kier molecular flexibility index (Phi) is 7.28. The fraction of sp³-hybridized carbons (Fsp3) is 0.333. The molecule has 0 fully saturated rings. The molecule has 0 aliphatic carbocycles. The summed E-state index contributed by atoms with van der Waals surface area (Å²) in [6.07, 6.45) is 0.635. The van der Waals surface area contributed by atoms with E-state index >= 15 is 0 Å². The predicted molar refractivity (Wildman–Crippen MR) is 129 cm³/mol. The van der Waals surface area contributed by atoms with Crippen LogP contribution in [0, 0.1) is 0 Å². The highest BCUT2D eigenvalue weighted by Gasteiger charge is 2.34. The van der Waals surface area contributed by atoms with Gasteiger partial charge in [0.2, 0.25) is 5.13 Å². The smallest absolute Gasteiger partial charge is 0.253 e. The van der Waals surface area contributed by atoms with Crippen LogP contribution in [0.3, 0.4) is 0 Å². The molecule has 1 N–H and O–H groups in total. The van der Waals surface area contributed by atoms with Crippen LogP contribution < -0.4 is 14.8 Å². The molecule has 168 valence electrons. The van der Waals surface area contributed by atoms with Crippen LogP contribution in [0.2, 0.25) is 0 Å². The van der Waals surface area contributed by atoms with Crippen molar-refractivity contribution in [2.75, 3.05) is 31.8 Å². The number of amides is 1. The van der Waals surface area contributed by atoms with Crippen LogP contribution in [0.1, 0.15) is 29.8 Å². The summed E-state index contributed by atoms with van der Waals surface area (Å²) >= 11 is 4.44. The molecule has 4 rings (SSSR count). The summed E-state index contributed by atoms with van der Waals surface area (Å²) in [5.74, 6) is 1.42. The third kappa shape index (κ3) is 4.89. The molecule has 1 aliphatic rings. The van der Waals surface area contributed by atoms with Crippen molar-refractivity contribution in [3.8, 4) is 11.5 Å². The van der Waals surface area contributed by atoms with E-state index in [0.29, 0.717) is 17.9 Å². The number of hydrogen-bond donors (Lipinski definition) is 1. The maximum Gasteiger partial charge on any atom is 0.253 e. The monoisotopic (exact) mass is 489 g/mol. The molecule has 0 bridgehead atoms. The number of aromatic nitrogens is 2. The Hall–Kier alpha value is -2.63. The van der Waals surface area contributed by atoms with E-state index in [1.165, 1.54) is 23.1 Å². The molecule has 0 spiro atoms. The predicted octanol–water partition coefficient (Wildman–Crippen LogP) is 4.52. The second-order valence-corrected chi connectivity index (χ2v) is 9.94. The van der Waals surface area contributed by atoms with Crippen molar-refractivity contribution < 1.29 is 14.3 Å². The number of rotatable bonds is 9. The van der Waals surface area contributed by atoms with E-state index in [2.05, 4.69) is 15.5 Å². The first-order valence-electron chi connectivity index (χ1n) is 9.98. The zero-order valence-corrected chi connectivity index (χ0v) is 20.4. The molecule has 8 nitrogen and oxygen atoms in total. The van der Waals surface area contributed by atoms with Gasteiger partial charge in [0.05, 0.1) is 36.6 Å². The first-order valence-corrected chi connectivity index (χ1v) is 12.7. The third-order valence-corrected chi connectivity index (χ3v) is 7.74. The van der Waals surface area contributed by atoms with Crippen LogP contribution in [0.15, 0.2) is 45.2 Å². The van der Waals surface area contributed by atoms with Gasteiger partial charge in [-0.15, -0.1) is 21.5 Å². The highest BCUT2D eigenvalue weighted by Crippen LogP contribution is 2.38. The molecule has 2 aromatic heterocycles. The number of nitrogens with one attached hydrogen (secondary N) is 1. The summed E-state index contributed by atoms with van der Waals surface area (Å²) in [5.41, 5.74) is 1.85. The molecule has 32 heavy (non-hydrogen) atoms. The summed E-state index contributed by atoms with van der Waals surface area (Å²) in [7, 11) is 3.21. The zero-order valence-electron chi connectivity index (χ0n) is 17.9. The molecule has 3 heterocycles. The molecule has 1 atom stereocenters. The lowest BCUT2D eigenvalue weighted by molar-refractivity contribution is -0.130. The van der Waals surface area contributed by atoms with Gasteiger partial charge in [-0.3, -0.25) is 4.79 Å². The molecule has 11 heteroatoms. The first-order chi connectivity index (χ1) is 15.6. The minimum Gasteiger partial charge on any atom is -0.493 e. The Morgan fingerprint density at radius 3 is 2.81 bits per heavy atom. The van der Waals surface area contributed by atoms with Crippen molar-refractivity contribution in [1.82, 2.24) is 15.2 Å². The molecule has 1 amide bonds. The number of methoxy groups -OCH3 is 2. The van der Waals surface area contributed by atoms with E-state index in [1.54, 1.807) is 30.6 Å². The lowest BCUT2D eigenvalue weighted by atomic mass is 10.0. The number of hydrogen-bond acceptors (Lipinski definition) is 10. The average molecular weight is 490 g/mol. The SMILES string of the molecule is CCNc1nnc(SCC(=O)N2N=C(c3cccs3)C[C@@H]2c2ccc(OC)c(OC)c2)s1. The minimum absolute atomic E-state index is 0.0819. The van der Waals surface area contributed by atoms with Gasteiger partial charge in [-0.2, -0.15) is 5.10 Å². The molecular formula is C21H23N5O3S3.